The molecule has 1 heterocycles. The third-order valence-corrected chi connectivity index (χ3v) is 5.96. The van der Waals surface area contributed by atoms with Gasteiger partial charge < -0.3 is 14.6 Å². The number of ether oxygens (including phenoxy) is 2. The van der Waals surface area contributed by atoms with Gasteiger partial charge in [0.15, 0.2) is 0 Å². The second-order valence-electron chi connectivity index (χ2n) is 8.49. The second-order valence-corrected chi connectivity index (χ2v) is 8.49. The molecule has 2 aliphatic rings. The molecule has 1 aromatic carbocycles. The Morgan fingerprint density at radius 1 is 1.31 bits per heavy atom. The first kappa shape index (κ1) is 21.7. The van der Waals surface area contributed by atoms with Crippen LogP contribution in [0.2, 0.25) is 0 Å². The maximum Gasteiger partial charge on any atom is 0.388 e. The van der Waals surface area contributed by atoms with Crippen LogP contribution >= 0.6 is 0 Å². The van der Waals surface area contributed by atoms with Crippen molar-refractivity contribution in [1.29, 1.82) is 0 Å². The number of unbranched alkanes of at least 4 members (excludes halogenated alkanes) is 2. The largest absolute Gasteiger partial charge is 0.507 e. The lowest BCUT2D eigenvalue weighted by atomic mass is 9.84. The molecule has 5 nitrogen and oxygen atoms in total. The van der Waals surface area contributed by atoms with Crippen molar-refractivity contribution in [2.24, 2.45) is 4.99 Å². The van der Waals surface area contributed by atoms with Gasteiger partial charge in [0.2, 0.25) is 0 Å². The molecule has 160 valence electrons. The first-order valence-corrected chi connectivity index (χ1v) is 11.0. The number of aromatic hydroxyl groups is 1. The fourth-order valence-corrected chi connectivity index (χ4v) is 4.05. The van der Waals surface area contributed by atoms with E-state index in [-0.39, 0.29) is 12.0 Å². The second kappa shape index (κ2) is 10.1. The maximum absolute atomic E-state index is 10.9. The molecule has 0 aromatic heterocycles. The van der Waals surface area contributed by atoms with Gasteiger partial charge in [-0.05, 0) is 63.8 Å². The van der Waals surface area contributed by atoms with Crippen molar-refractivity contribution in [3.8, 4) is 11.5 Å². The third-order valence-electron chi connectivity index (χ3n) is 5.96. The Hall–Kier alpha value is -2.01. The monoisotopic (exact) mass is 400 g/mol. The number of hydrogen-bond acceptors (Lipinski definition) is 5. The van der Waals surface area contributed by atoms with Gasteiger partial charge in [-0.2, -0.15) is 0 Å². The summed E-state index contributed by atoms with van der Waals surface area (Å²) in [6.07, 6.45) is 10.2. The molecule has 0 spiro atoms. The van der Waals surface area contributed by atoms with Crippen LogP contribution in [0.3, 0.4) is 0 Å². The lowest BCUT2D eigenvalue weighted by molar-refractivity contribution is 0.226. The van der Waals surface area contributed by atoms with Gasteiger partial charge >= 0.3 is 6.08 Å². The van der Waals surface area contributed by atoms with E-state index < -0.39 is 0 Å². The summed E-state index contributed by atoms with van der Waals surface area (Å²) >= 11 is 0. The summed E-state index contributed by atoms with van der Waals surface area (Å²) in [5.74, 6) is 1.16. The first-order valence-electron chi connectivity index (χ1n) is 11.0. The fraction of sp³-hybridized carbons (Fsp3) is 0.625. The van der Waals surface area contributed by atoms with Crippen LogP contribution in [0.1, 0.15) is 69.4 Å². The number of nitrogens with zero attached hydrogens (tertiary/aromatic N) is 2. The van der Waals surface area contributed by atoms with E-state index >= 15 is 0 Å². The zero-order valence-corrected chi connectivity index (χ0v) is 18.4. The van der Waals surface area contributed by atoms with Crippen LogP contribution in [0, 0.1) is 0 Å². The number of allylic oxidation sites excluding steroid dienone is 2. The molecule has 29 heavy (non-hydrogen) atoms. The van der Waals surface area contributed by atoms with Crippen molar-refractivity contribution in [1.82, 2.24) is 4.90 Å². The number of phenolic OH excluding ortho intramolecular Hbond substituents is 1. The van der Waals surface area contributed by atoms with Gasteiger partial charge in [-0.3, -0.25) is 4.90 Å². The number of likely N-dealkylation sites (N-methyl/N-ethyl adjacent to an activating group) is 1. The number of benzene rings is 1. The minimum absolute atomic E-state index is 0.163. The highest BCUT2D eigenvalue weighted by Crippen LogP contribution is 2.42. The molecule has 0 bridgehead atoms. The summed E-state index contributed by atoms with van der Waals surface area (Å²) in [4.78, 5) is 6.42. The van der Waals surface area contributed by atoms with Crippen molar-refractivity contribution in [3.63, 3.8) is 0 Å². The average Bonchev–Trinajstić information content (AvgIpc) is 3.40. The molecule has 0 radical (unpaired) electrons. The van der Waals surface area contributed by atoms with Crippen LogP contribution in [-0.2, 0) is 11.2 Å². The smallest absolute Gasteiger partial charge is 0.388 e. The van der Waals surface area contributed by atoms with Gasteiger partial charge in [-0.25, -0.2) is 4.99 Å². The molecular formula is C24H36N2O3. The summed E-state index contributed by atoms with van der Waals surface area (Å²) < 4.78 is 12.0. The molecule has 0 amide bonds. The van der Waals surface area contributed by atoms with Crippen LogP contribution < -0.4 is 4.74 Å². The van der Waals surface area contributed by atoms with Gasteiger partial charge in [0, 0.05) is 25.1 Å². The maximum atomic E-state index is 10.9. The highest BCUT2D eigenvalue weighted by atomic mass is 16.7. The van der Waals surface area contributed by atoms with Crippen molar-refractivity contribution in [3.05, 3.63) is 34.9 Å². The number of aryl methyl sites for hydroxylation is 1. The molecule has 1 N–H and O–H groups in total. The molecule has 3 unspecified atom stereocenters. The minimum atomic E-state index is 0.163. The van der Waals surface area contributed by atoms with Crippen molar-refractivity contribution in [2.75, 3.05) is 27.2 Å². The SMILES string of the molecule is CCCCCc1cc(O)c(C2C=C(C)CCC2)c(O/C(=N\C)OCC2CN2C)c1. The number of rotatable bonds is 8. The predicted molar refractivity (Wildman–Crippen MR) is 118 cm³/mol. The van der Waals surface area contributed by atoms with E-state index in [4.69, 9.17) is 9.47 Å². The molecular weight excluding hydrogens is 364 g/mol. The molecule has 0 saturated carbocycles. The first-order chi connectivity index (χ1) is 14.0. The van der Waals surface area contributed by atoms with Crippen LogP contribution in [0.15, 0.2) is 28.8 Å². The topological polar surface area (TPSA) is 54.1 Å². The molecule has 3 rings (SSSR count). The normalized spacial score (nSPS) is 24.2. The van der Waals surface area contributed by atoms with Gasteiger partial charge in [0.05, 0.1) is 6.04 Å². The van der Waals surface area contributed by atoms with E-state index in [1.54, 1.807) is 7.05 Å². The van der Waals surface area contributed by atoms with E-state index in [1.807, 2.05) is 6.07 Å². The Bertz CT molecular complexity index is 757. The Labute approximate surface area is 175 Å². The minimum Gasteiger partial charge on any atom is -0.507 e. The van der Waals surface area contributed by atoms with Crippen molar-refractivity contribution in [2.45, 2.75) is 70.8 Å². The van der Waals surface area contributed by atoms with Crippen LogP contribution in [0.25, 0.3) is 0 Å². The fourth-order valence-electron chi connectivity index (χ4n) is 4.05. The molecule has 1 aliphatic heterocycles. The zero-order valence-electron chi connectivity index (χ0n) is 18.4. The van der Waals surface area contributed by atoms with E-state index in [0.29, 0.717) is 24.1 Å². The summed E-state index contributed by atoms with van der Waals surface area (Å²) in [5.41, 5.74) is 3.33. The average molecular weight is 401 g/mol. The lowest BCUT2D eigenvalue weighted by Crippen LogP contribution is -2.19. The molecule has 1 fully saturated rings. The van der Waals surface area contributed by atoms with Gasteiger partial charge in [-0.15, -0.1) is 0 Å². The highest BCUT2D eigenvalue weighted by molar-refractivity contribution is 5.71. The van der Waals surface area contributed by atoms with E-state index in [1.165, 1.54) is 18.4 Å². The summed E-state index contributed by atoms with van der Waals surface area (Å²) in [6, 6.07) is 4.42. The standard InChI is InChI=1S/C24H36N2O3/c1-5-6-7-10-18-13-21(27)23(19-11-8-9-17(2)12-19)22(14-18)29-24(25-3)28-16-20-15-26(20)4/h12-14,19-20,27H,5-11,15-16H2,1-4H3/b25-24-. The lowest BCUT2D eigenvalue weighted by Gasteiger charge is -2.24. The Kier molecular flexibility index (Phi) is 7.59. The van der Waals surface area contributed by atoms with Crippen molar-refractivity contribution < 1.29 is 14.6 Å². The number of aliphatic imine (C=N–C) groups is 1. The van der Waals surface area contributed by atoms with Crippen LogP contribution in [0.5, 0.6) is 11.5 Å². The Morgan fingerprint density at radius 2 is 2.10 bits per heavy atom. The molecule has 5 heteroatoms. The van der Waals surface area contributed by atoms with Gasteiger partial charge in [-0.1, -0.05) is 31.4 Å². The molecule has 1 aliphatic carbocycles. The van der Waals surface area contributed by atoms with Crippen molar-refractivity contribution >= 4 is 6.08 Å². The quantitative estimate of drug-likeness (QED) is 0.218. The van der Waals surface area contributed by atoms with Crippen LogP contribution in [0.4, 0.5) is 0 Å². The summed E-state index contributed by atoms with van der Waals surface area (Å²) in [5, 5.41) is 10.9. The van der Waals surface area contributed by atoms with E-state index in [9.17, 15) is 5.11 Å². The van der Waals surface area contributed by atoms with Gasteiger partial charge in [0.1, 0.15) is 18.1 Å². The number of hydrogen-bond donors (Lipinski definition) is 1. The Morgan fingerprint density at radius 3 is 2.76 bits per heavy atom. The predicted octanol–water partition coefficient (Wildman–Crippen LogP) is 5.03. The molecule has 3 atom stereocenters. The molecule has 1 saturated heterocycles. The Balaban J connectivity index is 1.84. The number of phenols is 1. The third kappa shape index (κ3) is 5.99. The highest BCUT2D eigenvalue weighted by Gasteiger charge is 2.31. The van der Waals surface area contributed by atoms with Gasteiger partial charge in [0.25, 0.3) is 0 Å². The summed E-state index contributed by atoms with van der Waals surface area (Å²) in [7, 11) is 3.76. The van der Waals surface area contributed by atoms with Crippen LogP contribution in [-0.4, -0.2) is 49.4 Å². The summed E-state index contributed by atoms with van der Waals surface area (Å²) in [6.45, 7) is 5.98. The zero-order chi connectivity index (χ0) is 20.8. The van der Waals surface area contributed by atoms with E-state index in [0.717, 1.165) is 49.8 Å². The van der Waals surface area contributed by atoms with E-state index in [2.05, 4.69) is 42.9 Å². The molecule has 1 aromatic rings.